The van der Waals surface area contributed by atoms with E-state index in [4.69, 9.17) is 27.6 Å². The minimum Gasteiger partial charge on any atom is -0.458 e. The Bertz CT molecular complexity index is 612. The van der Waals surface area contributed by atoms with Crippen LogP contribution in [0.4, 0.5) is 5.69 Å². The van der Waals surface area contributed by atoms with Crippen molar-refractivity contribution in [2.75, 3.05) is 5.32 Å². The number of nitrogens with one attached hydrogen (secondary N) is 1. The van der Waals surface area contributed by atoms with Crippen molar-refractivity contribution in [2.24, 2.45) is 0 Å². The van der Waals surface area contributed by atoms with Gasteiger partial charge in [0.05, 0.1) is 0 Å². The third kappa shape index (κ3) is 3.88. The van der Waals surface area contributed by atoms with Gasteiger partial charge in [-0.2, -0.15) is 0 Å². The second-order valence-electron chi connectivity index (χ2n) is 3.91. The Labute approximate surface area is 120 Å². The topological polar surface area (TPSA) is 42.2 Å². The van der Waals surface area contributed by atoms with Crippen LogP contribution >= 0.6 is 23.2 Å². The number of halogens is 2. The Kier molecular flexibility index (Phi) is 4.30. The fraction of sp³-hybridized carbons (Fsp3) is 0.0714. The molecule has 0 fully saturated rings. The number of carbonyl (C=O) groups is 1. The van der Waals surface area contributed by atoms with Crippen LogP contribution in [0.5, 0.6) is 0 Å². The van der Waals surface area contributed by atoms with E-state index in [-0.39, 0.29) is 5.78 Å². The van der Waals surface area contributed by atoms with Gasteiger partial charge in [0.15, 0.2) is 5.76 Å². The standard InChI is InChI=1S/C14H11Cl2NO2/c1-9-2-3-14(19-9)13(18)4-5-17-12-7-10(15)6-11(16)8-12/h2-8,17H,1H3/b5-4+. The van der Waals surface area contributed by atoms with Gasteiger partial charge in [0, 0.05) is 28.0 Å². The fourth-order valence-corrected chi connectivity index (χ4v) is 2.03. The molecule has 2 aromatic rings. The monoisotopic (exact) mass is 295 g/mol. The van der Waals surface area contributed by atoms with Crippen LogP contribution in [-0.4, -0.2) is 5.78 Å². The van der Waals surface area contributed by atoms with Crippen molar-refractivity contribution in [3.63, 3.8) is 0 Å². The Morgan fingerprint density at radius 3 is 2.47 bits per heavy atom. The summed E-state index contributed by atoms with van der Waals surface area (Å²) in [6.45, 7) is 1.78. The van der Waals surface area contributed by atoms with Gasteiger partial charge in [0.1, 0.15) is 5.76 Å². The number of hydrogen-bond donors (Lipinski definition) is 1. The molecule has 0 saturated carbocycles. The molecule has 0 aliphatic heterocycles. The summed E-state index contributed by atoms with van der Waals surface area (Å²) in [5, 5.41) is 3.97. The minimum absolute atomic E-state index is 0.214. The van der Waals surface area contributed by atoms with Crippen LogP contribution in [0.25, 0.3) is 0 Å². The lowest BCUT2D eigenvalue weighted by molar-refractivity contribution is 0.102. The second-order valence-corrected chi connectivity index (χ2v) is 4.78. The van der Waals surface area contributed by atoms with Crippen LogP contribution in [0, 0.1) is 6.92 Å². The van der Waals surface area contributed by atoms with E-state index in [0.717, 1.165) is 0 Å². The first kappa shape index (κ1) is 13.7. The Morgan fingerprint density at radius 2 is 1.89 bits per heavy atom. The molecule has 0 aliphatic rings. The number of anilines is 1. The van der Waals surface area contributed by atoms with Crippen molar-refractivity contribution in [1.29, 1.82) is 0 Å². The third-order valence-electron chi connectivity index (χ3n) is 2.33. The molecule has 3 nitrogen and oxygen atoms in total. The summed E-state index contributed by atoms with van der Waals surface area (Å²) in [5.41, 5.74) is 0.706. The first-order chi connectivity index (χ1) is 9.04. The van der Waals surface area contributed by atoms with Crippen LogP contribution in [0.3, 0.4) is 0 Å². The molecule has 1 N–H and O–H groups in total. The quantitative estimate of drug-likeness (QED) is 0.656. The highest BCUT2D eigenvalue weighted by Crippen LogP contribution is 2.22. The van der Waals surface area contributed by atoms with Crippen molar-refractivity contribution in [3.8, 4) is 0 Å². The molecule has 0 bridgehead atoms. The Morgan fingerprint density at radius 1 is 1.21 bits per heavy atom. The zero-order chi connectivity index (χ0) is 13.8. The highest BCUT2D eigenvalue weighted by Gasteiger charge is 2.05. The zero-order valence-electron chi connectivity index (χ0n) is 10.1. The lowest BCUT2D eigenvalue weighted by Crippen LogP contribution is -1.94. The molecular weight excluding hydrogens is 285 g/mol. The normalized spacial score (nSPS) is 10.9. The molecule has 0 aliphatic carbocycles. The number of hydrogen-bond acceptors (Lipinski definition) is 3. The smallest absolute Gasteiger partial charge is 0.222 e. The van der Waals surface area contributed by atoms with E-state index < -0.39 is 0 Å². The number of benzene rings is 1. The Hall–Kier alpha value is -1.71. The van der Waals surface area contributed by atoms with Gasteiger partial charge in [0.25, 0.3) is 0 Å². The predicted molar refractivity (Wildman–Crippen MR) is 77.0 cm³/mol. The maximum Gasteiger partial charge on any atom is 0.222 e. The number of carbonyl (C=O) groups excluding carboxylic acids is 1. The number of rotatable bonds is 4. The highest BCUT2D eigenvalue weighted by molar-refractivity contribution is 6.35. The zero-order valence-corrected chi connectivity index (χ0v) is 11.6. The molecule has 0 amide bonds. The van der Waals surface area contributed by atoms with E-state index in [1.54, 1.807) is 37.3 Å². The largest absolute Gasteiger partial charge is 0.458 e. The molecule has 1 aromatic heterocycles. The molecule has 0 saturated heterocycles. The summed E-state index contributed by atoms with van der Waals surface area (Å²) >= 11 is 11.7. The average Bonchev–Trinajstić information content (AvgIpc) is 2.74. The number of ketones is 1. The number of furan rings is 1. The van der Waals surface area contributed by atoms with Crippen LogP contribution < -0.4 is 5.32 Å². The fourth-order valence-electron chi connectivity index (χ4n) is 1.50. The summed E-state index contributed by atoms with van der Waals surface area (Å²) < 4.78 is 5.22. The van der Waals surface area contributed by atoms with Gasteiger partial charge in [-0.15, -0.1) is 0 Å². The number of allylic oxidation sites excluding steroid dienone is 1. The summed E-state index contributed by atoms with van der Waals surface area (Å²) in [6.07, 6.45) is 2.90. The lowest BCUT2D eigenvalue weighted by Gasteiger charge is -2.01. The van der Waals surface area contributed by atoms with E-state index in [2.05, 4.69) is 5.32 Å². The van der Waals surface area contributed by atoms with Crippen LogP contribution in [0.15, 0.2) is 47.0 Å². The molecule has 5 heteroatoms. The van der Waals surface area contributed by atoms with E-state index in [0.29, 0.717) is 27.3 Å². The van der Waals surface area contributed by atoms with Gasteiger partial charge in [-0.05, 0) is 37.3 Å². The van der Waals surface area contributed by atoms with Crippen LogP contribution in [0.1, 0.15) is 16.3 Å². The van der Waals surface area contributed by atoms with E-state index >= 15 is 0 Å². The predicted octanol–water partition coefficient (Wildman–Crippen LogP) is 4.70. The van der Waals surface area contributed by atoms with Crippen molar-refractivity contribution >= 4 is 34.7 Å². The van der Waals surface area contributed by atoms with Crippen LogP contribution in [0.2, 0.25) is 10.0 Å². The van der Waals surface area contributed by atoms with E-state index in [9.17, 15) is 4.79 Å². The maximum atomic E-state index is 11.7. The van der Waals surface area contributed by atoms with E-state index in [1.807, 2.05) is 0 Å². The molecule has 2 rings (SSSR count). The minimum atomic E-state index is -0.214. The molecule has 0 atom stereocenters. The van der Waals surface area contributed by atoms with Gasteiger partial charge in [-0.1, -0.05) is 23.2 Å². The van der Waals surface area contributed by atoms with E-state index in [1.165, 1.54) is 12.3 Å². The summed E-state index contributed by atoms with van der Waals surface area (Å²) in [5.74, 6) is 0.791. The summed E-state index contributed by atoms with van der Waals surface area (Å²) in [4.78, 5) is 11.7. The second kappa shape index (κ2) is 5.95. The van der Waals surface area contributed by atoms with Crippen LogP contribution in [-0.2, 0) is 0 Å². The lowest BCUT2D eigenvalue weighted by atomic mass is 10.3. The molecule has 0 spiro atoms. The first-order valence-electron chi connectivity index (χ1n) is 5.54. The van der Waals surface area contributed by atoms with Gasteiger partial charge in [-0.25, -0.2) is 0 Å². The number of aryl methyl sites for hydroxylation is 1. The van der Waals surface area contributed by atoms with Gasteiger partial charge in [-0.3, -0.25) is 4.79 Å². The van der Waals surface area contributed by atoms with Gasteiger partial charge >= 0.3 is 0 Å². The molecule has 0 unspecified atom stereocenters. The highest BCUT2D eigenvalue weighted by atomic mass is 35.5. The van der Waals surface area contributed by atoms with Crippen molar-refractivity contribution in [3.05, 3.63) is 64.2 Å². The summed E-state index contributed by atoms with van der Waals surface area (Å²) in [6, 6.07) is 8.43. The third-order valence-corrected chi connectivity index (χ3v) is 2.77. The molecular formula is C14H11Cl2NO2. The van der Waals surface area contributed by atoms with Crippen molar-refractivity contribution < 1.29 is 9.21 Å². The van der Waals surface area contributed by atoms with Crippen molar-refractivity contribution in [1.82, 2.24) is 0 Å². The molecule has 19 heavy (non-hydrogen) atoms. The molecule has 0 radical (unpaired) electrons. The average molecular weight is 296 g/mol. The van der Waals surface area contributed by atoms with Crippen molar-refractivity contribution in [2.45, 2.75) is 6.92 Å². The molecule has 1 aromatic carbocycles. The maximum absolute atomic E-state index is 11.7. The SMILES string of the molecule is Cc1ccc(C(=O)/C=C/Nc2cc(Cl)cc(Cl)c2)o1. The Balaban J connectivity index is 2.01. The molecule has 98 valence electrons. The van der Waals surface area contributed by atoms with Gasteiger partial charge < -0.3 is 9.73 Å². The first-order valence-corrected chi connectivity index (χ1v) is 6.30. The molecule has 1 heterocycles. The van der Waals surface area contributed by atoms with Gasteiger partial charge in [0.2, 0.25) is 5.78 Å². The summed E-state index contributed by atoms with van der Waals surface area (Å²) in [7, 11) is 0.